The van der Waals surface area contributed by atoms with Gasteiger partial charge in [0, 0.05) is 41.9 Å². The molecule has 2 aromatic rings. The van der Waals surface area contributed by atoms with Crippen LogP contribution in [0.1, 0.15) is 22.3 Å². The van der Waals surface area contributed by atoms with E-state index < -0.39 is 10.8 Å². The molecule has 1 atom stereocenters. The van der Waals surface area contributed by atoms with Gasteiger partial charge in [-0.2, -0.15) is 0 Å². The number of benzene rings is 2. The lowest BCUT2D eigenvalue weighted by Crippen LogP contribution is -2.37. The Balaban J connectivity index is 1.72. The van der Waals surface area contributed by atoms with Gasteiger partial charge in [-0.25, -0.2) is 0 Å². The van der Waals surface area contributed by atoms with Crippen LogP contribution in [0.2, 0.25) is 0 Å². The summed E-state index contributed by atoms with van der Waals surface area (Å²) in [7, 11) is 1.55. The lowest BCUT2D eigenvalue weighted by atomic mass is 10.1. The molecule has 8 nitrogen and oxygen atoms in total. The number of rotatable bonds is 5. The van der Waals surface area contributed by atoms with Crippen molar-refractivity contribution in [1.29, 1.82) is 0 Å². The SMILES string of the molecule is COc1cccc(N2C[C@@H](NC(=O)c3ccc(C)c([N+](=O)[O-])c3)CC2=O)c1. The lowest BCUT2D eigenvalue weighted by molar-refractivity contribution is -0.385. The Morgan fingerprint density at radius 2 is 2.07 bits per heavy atom. The largest absolute Gasteiger partial charge is 0.497 e. The average molecular weight is 369 g/mol. The van der Waals surface area contributed by atoms with Crippen LogP contribution in [0.15, 0.2) is 42.5 Å². The molecule has 1 aliphatic heterocycles. The second-order valence-corrected chi connectivity index (χ2v) is 6.34. The Hall–Kier alpha value is -3.42. The molecule has 1 aliphatic rings. The molecule has 0 unspecified atom stereocenters. The molecule has 1 heterocycles. The number of aryl methyl sites for hydroxylation is 1. The molecule has 0 aromatic heterocycles. The number of anilines is 1. The van der Waals surface area contributed by atoms with Crippen LogP contribution < -0.4 is 15.0 Å². The number of hydrogen-bond donors (Lipinski definition) is 1. The number of nitro benzene ring substituents is 1. The maximum absolute atomic E-state index is 12.5. The number of hydrogen-bond acceptors (Lipinski definition) is 5. The van der Waals surface area contributed by atoms with E-state index in [1.54, 1.807) is 43.2 Å². The number of nitrogens with zero attached hydrogens (tertiary/aromatic N) is 2. The molecule has 0 aliphatic carbocycles. The van der Waals surface area contributed by atoms with Crippen molar-refractivity contribution in [3.63, 3.8) is 0 Å². The molecule has 0 radical (unpaired) electrons. The fourth-order valence-electron chi connectivity index (χ4n) is 3.05. The van der Waals surface area contributed by atoms with Crippen LogP contribution in [0, 0.1) is 17.0 Å². The summed E-state index contributed by atoms with van der Waals surface area (Å²) in [6.07, 6.45) is 0.164. The van der Waals surface area contributed by atoms with E-state index in [0.717, 1.165) is 0 Å². The van der Waals surface area contributed by atoms with E-state index in [9.17, 15) is 19.7 Å². The first-order valence-corrected chi connectivity index (χ1v) is 8.39. The zero-order chi connectivity index (χ0) is 19.6. The van der Waals surface area contributed by atoms with Crippen LogP contribution in [-0.2, 0) is 4.79 Å². The molecule has 0 saturated carbocycles. The normalized spacial score (nSPS) is 16.3. The van der Waals surface area contributed by atoms with Crippen molar-refractivity contribution in [3.05, 3.63) is 63.7 Å². The molecular formula is C19H19N3O5. The fourth-order valence-corrected chi connectivity index (χ4v) is 3.05. The van der Waals surface area contributed by atoms with Crippen molar-refractivity contribution in [2.24, 2.45) is 0 Å². The molecule has 140 valence electrons. The summed E-state index contributed by atoms with van der Waals surface area (Å²) in [5.74, 6) is 0.0894. The van der Waals surface area contributed by atoms with E-state index in [1.807, 2.05) is 0 Å². The standard InChI is InChI=1S/C19H19N3O5/c1-12-6-7-13(8-17(12)22(25)26)19(24)20-14-9-18(23)21(11-14)15-4-3-5-16(10-15)27-2/h3-8,10,14H,9,11H2,1-2H3,(H,20,24)/t14-/m0/s1. The van der Waals surface area contributed by atoms with Crippen LogP contribution in [0.3, 0.4) is 0 Å². The predicted molar refractivity (Wildman–Crippen MR) is 99.1 cm³/mol. The Morgan fingerprint density at radius 3 is 2.78 bits per heavy atom. The minimum atomic E-state index is -0.518. The summed E-state index contributed by atoms with van der Waals surface area (Å²) in [6.45, 7) is 1.94. The van der Waals surface area contributed by atoms with Crippen molar-refractivity contribution in [2.45, 2.75) is 19.4 Å². The highest BCUT2D eigenvalue weighted by molar-refractivity contribution is 5.99. The number of amides is 2. The van der Waals surface area contributed by atoms with Crippen molar-refractivity contribution >= 4 is 23.2 Å². The second kappa shape index (κ2) is 7.45. The van der Waals surface area contributed by atoms with E-state index in [1.165, 1.54) is 18.2 Å². The van der Waals surface area contributed by atoms with Crippen LogP contribution >= 0.6 is 0 Å². The smallest absolute Gasteiger partial charge is 0.273 e. The monoisotopic (exact) mass is 369 g/mol. The van der Waals surface area contributed by atoms with Gasteiger partial charge in [-0.15, -0.1) is 0 Å². The van der Waals surface area contributed by atoms with Crippen LogP contribution in [0.4, 0.5) is 11.4 Å². The first-order valence-electron chi connectivity index (χ1n) is 8.39. The van der Waals surface area contributed by atoms with E-state index in [2.05, 4.69) is 5.32 Å². The molecule has 2 aromatic carbocycles. The van der Waals surface area contributed by atoms with Gasteiger partial charge >= 0.3 is 0 Å². The van der Waals surface area contributed by atoms with Crippen molar-refractivity contribution in [3.8, 4) is 5.75 Å². The zero-order valence-corrected chi connectivity index (χ0v) is 15.0. The quantitative estimate of drug-likeness (QED) is 0.644. The third-order valence-electron chi connectivity index (χ3n) is 4.49. The number of ether oxygens (including phenoxy) is 1. The summed E-state index contributed by atoms with van der Waals surface area (Å²) >= 11 is 0. The first kappa shape index (κ1) is 18.4. The first-order chi connectivity index (χ1) is 12.9. The molecule has 1 fully saturated rings. The lowest BCUT2D eigenvalue weighted by Gasteiger charge is -2.18. The molecule has 0 spiro atoms. The molecule has 1 saturated heterocycles. The number of nitro groups is 1. The average Bonchev–Trinajstić information content (AvgIpc) is 3.02. The zero-order valence-electron chi connectivity index (χ0n) is 15.0. The maximum atomic E-state index is 12.5. The molecule has 27 heavy (non-hydrogen) atoms. The van der Waals surface area contributed by atoms with Crippen molar-refractivity contribution in [2.75, 3.05) is 18.6 Å². The predicted octanol–water partition coefficient (Wildman–Crippen LogP) is 2.45. The van der Waals surface area contributed by atoms with Crippen LogP contribution in [0.25, 0.3) is 0 Å². The highest BCUT2D eigenvalue weighted by Crippen LogP contribution is 2.26. The summed E-state index contributed by atoms with van der Waals surface area (Å²) in [4.78, 5) is 36.9. The Morgan fingerprint density at radius 1 is 1.30 bits per heavy atom. The van der Waals surface area contributed by atoms with Gasteiger partial charge in [-0.05, 0) is 25.1 Å². The topological polar surface area (TPSA) is 102 Å². The van der Waals surface area contributed by atoms with Gasteiger partial charge in [0.2, 0.25) is 5.91 Å². The van der Waals surface area contributed by atoms with E-state index >= 15 is 0 Å². The van der Waals surface area contributed by atoms with Gasteiger partial charge in [0.1, 0.15) is 5.75 Å². The molecule has 3 rings (SSSR count). The maximum Gasteiger partial charge on any atom is 0.273 e. The highest BCUT2D eigenvalue weighted by atomic mass is 16.6. The minimum absolute atomic E-state index is 0.108. The number of carbonyl (C=O) groups is 2. The second-order valence-electron chi connectivity index (χ2n) is 6.34. The summed E-state index contributed by atoms with van der Waals surface area (Å²) in [5.41, 5.74) is 1.27. The number of methoxy groups -OCH3 is 1. The molecule has 2 amide bonds. The third-order valence-corrected chi connectivity index (χ3v) is 4.49. The summed E-state index contributed by atoms with van der Waals surface area (Å²) in [6, 6.07) is 11.1. The van der Waals surface area contributed by atoms with Crippen LogP contribution in [-0.4, -0.2) is 36.4 Å². The highest BCUT2D eigenvalue weighted by Gasteiger charge is 2.32. The van der Waals surface area contributed by atoms with Crippen LogP contribution in [0.5, 0.6) is 5.75 Å². The van der Waals surface area contributed by atoms with Crippen molar-refractivity contribution < 1.29 is 19.2 Å². The van der Waals surface area contributed by atoms with Gasteiger partial charge in [-0.3, -0.25) is 19.7 Å². The van der Waals surface area contributed by atoms with E-state index in [0.29, 0.717) is 23.5 Å². The fraction of sp³-hybridized carbons (Fsp3) is 0.263. The van der Waals surface area contributed by atoms with E-state index in [4.69, 9.17) is 4.74 Å². The van der Waals surface area contributed by atoms with Gasteiger partial charge in [0.05, 0.1) is 18.1 Å². The van der Waals surface area contributed by atoms with Gasteiger partial charge < -0.3 is 15.0 Å². The minimum Gasteiger partial charge on any atom is -0.497 e. The van der Waals surface area contributed by atoms with Gasteiger partial charge in [-0.1, -0.05) is 12.1 Å². The number of nitrogens with one attached hydrogen (secondary N) is 1. The van der Waals surface area contributed by atoms with E-state index in [-0.39, 0.29) is 29.6 Å². The molecule has 8 heteroatoms. The Labute approximate surface area is 155 Å². The molecule has 1 N–H and O–H groups in total. The Kier molecular flexibility index (Phi) is 5.07. The van der Waals surface area contributed by atoms with Gasteiger partial charge in [0.25, 0.3) is 11.6 Å². The number of carbonyl (C=O) groups excluding carboxylic acids is 2. The summed E-state index contributed by atoms with van der Waals surface area (Å²) < 4.78 is 5.18. The third kappa shape index (κ3) is 3.89. The molecular weight excluding hydrogens is 350 g/mol. The Bertz CT molecular complexity index is 912. The molecule has 0 bridgehead atoms. The van der Waals surface area contributed by atoms with Crippen molar-refractivity contribution in [1.82, 2.24) is 5.32 Å². The summed E-state index contributed by atoms with van der Waals surface area (Å²) in [5, 5.41) is 13.8. The van der Waals surface area contributed by atoms with Gasteiger partial charge in [0.15, 0.2) is 0 Å².